The van der Waals surface area contributed by atoms with Crippen LogP contribution in [0.1, 0.15) is 18.1 Å². The van der Waals surface area contributed by atoms with Crippen LogP contribution >= 0.6 is 15.9 Å². The molecule has 0 fully saturated rings. The van der Waals surface area contributed by atoms with E-state index in [0.717, 1.165) is 16.5 Å². The molecule has 1 heterocycles. The molecular weight excluding hydrogens is 502 g/mol. The molecule has 34 heavy (non-hydrogen) atoms. The number of aromatic nitrogens is 1. The van der Waals surface area contributed by atoms with Gasteiger partial charge in [0.15, 0.2) is 18.1 Å². The van der Waals surface area contributed by atoms with Crippen LogP contribution in [0.5, 0.6) is 11.5 Å². The van der Waals surface area contributed by atoms with Crippen LogP contribution in [0, 0.1) is 11.3 Å². The molecule has 9 heteroatoms. The van der Waals surface area contributed by atoms with Gasteiger partial charge in [0.25, 0.3) is 5.91 Å². The van der Waals surface area contributed by atoms with Crippen molar-refractivity contribution < 1.29 is 23.8 Å². The highest BCUT2D eigenvalue weighted by atomic mass is 79.9. The van der Waals surface area contributed by atoms with E-state index in [1.165, 1.54) is 13.2 Å². The summed E-state index contributed by atoms with van der Waals surface area (Å²) in [6.07, 6.45) is 4.01. The SMILES string of the molecule is CCOC(=O)COc1cc(Br)c(/C=C(/C#N)C(=O)NCCc2c[nH]c3ccccc23)cc1OC. The number of fused-ring (bicyclic) bond motifs is 1. The smallest absolute Gasteiger partial charge is 0.344 e. The van der Waals surface area contributed by atoms with E-state index in [-0.39, 0.29) is 18.8 Å². The molecule has 0 radical (unpaired) electrons. The van der Waals surface area contributed by atoms with Gasteiger partial charge in [-0.1, -0.05) is 34.1 Å². The Labute approximate surface area is 205 Å². The van der Waals surface area contributed by atoms with Crippen LogP contribution in [-0.2, 0) is 20.7 Å². The third-order valence-electron chi connectivity index (χ3n) is 4.95. The number of rotatable bonds is 10. The summed E-state index contributed by atoms with van der Waals surface area (Å²) in [5.41, 5.74) is 2.62. The maximum atomic E-state index is 12.6. The first-order valence-electron chi connectivity index (χ1n) is 10.6. The first-order valence-corrected chi connectivity index (χ1v) is 11.4. The largest absolute Gasteiger partial charge is 0.493 e. The Bertz CT molecular complexity index is 1260. The van der Waals surface area contributed by atoms with E-state index in [1.54, 1.807) is 19.1 Å². The Morgan fingerprint density at radius 3 is 2.76 bits per heavy atom. The van der Waals surface area contributed by atoms with E-state index in [0.29, 0.717) is 34.5 Å². The van der Waals surface area contributed by atoms with Gasteiger partial charge in [0.05, 0.1) is 13.7 Å². The number of benzene rings is 2. The molecular formula is C25H24BrN3O5. The zero-order valence-electron chi connectivity index (χ0n) is 18.8. The van der Waals surface area contributed by atoms with Crippen LogP contribution < -0.4 is 14.8 Å². The summed E-state index contributed by atoms with van der Waals surface area (Å²) in [5, 5.41) is 13.4. The number of hydrogen-bond acceptors (Lipinski definition) is 6. The monoisotopic (exact) mass is 525 g/mol. The molecule has 1 aromatic heterocycles. The van der Waals surface area contributed by atoms with Crippen molar-refractivity contribution in [3.63, 3.8) is 0 Å². The zero-order chi connectivity index (χ0) is 24.5. The maximum Gasteiger partial charge on any atom is 0.344 e. The Hall–Kier alpha value is -3.77. The predicted molar refractivity (Wildman–Crippen MR) is 131 cm³/mol. The second kappa shape index (κ2) is 11.9. The molecule has 0 bridgehead atoms. The molecule has 2 aromatic carbocycles. The van der Waals surface area contributed by atoms with Gasteiger partial charge >= 0.3 is 5.97 Å². The highest BCUT2D eigenvalue weighted by Gasteiger charge is 2.15. The molecule has 0 unspecified atom stereocenters. The summed E-state index contributed by atoms with van der Waals surface area (Å²) in [4.78, 5) is 27.4. The number of ether oxygens (including phenoxy) is 3. The second-order valence-corrected chi connectivity index (χ2v) is 8.01. The van der Waals surface area contributed by atoms with Crippen LogP contribution in [-0.4, -0.2) is 43.7 Å². The van der Waals surface area contributed by atoms with Crippen LogP contribution in [0.4, 0.5) is 0 Å². The number of nitriles is 1. The fourth-order valence-electron chi connectivity index (χ4n) is 3.32. The number of nitrogens with zero attached hydrogens (tertiary/aromatic N) is 1. The normalized spacial score (nSPS) is 11.1. The van der Waals surface area contributed by atoms with Gasteiger partial charge in [-0.25, -0.2) is 4.79 Å². The number of H-pyrrole nitrogens is 1. The topological polar surface area (TPSA) is 113 Å². The summed E-state index contributed by atoms with van der Waals surface area (Å²) < 4.78 is 16.2. The molecule has 3 aromatic rings. The lowest BCUT2D eigenvalue weighted by molar-refractivity contribution is -0.145. The van der Waals surface area contributed by atoms with Crippen molar-refractivity contribution in [2.75, 3.05) is 26.9 Å². The van der Waals surface area contributed by atoms with Crippen molar-refractivity contribution in [3.8, 4) is 17.6 Å². The lowest BCUT2D eigenvalue weighted by atomic mass is 10.1. The van der Waals surface area contributed by atoms with Gasteiger partial charge in [-0.2, -0.15) is 5.26 Å². The van der Waals surface area contributed by atoms with Crippen LogP contribution in [0.2, 0.25) is 0 Å². The Kier molecular flexibility index (Phi) is 8.71. The lowest BCUT2D eigenvalue weighted by Gasteiger charge is -2.12. The van der Waals surface area contributed by atoms with Gasteiger partial charge in [0, 0.05) is 28.1 Å². The molecule has 0 aliphatic carbocycles. The van der Waals surface area contributed by atoms with Crippen molar-refractivity contribution in [1.82, 2.24) is 10.3 Å². The molecule has 3 rings (SSSR count). The molecule has 0 aliphatic heterocycles. The predicted octanol–water partition coefficient (Wildman–Crippen LogP) is 4.15. The Balaban J connectivity index is 1.68. The summed E-state index contributed by atoms with van der Waals surface area (Å²) >= 11 is 3.42. The van der Waals surface area contributed by atoms with Crippen molar-refractivity contribution >= 4 is 44.8 Å². The lowest BCUT2D eigenvalue weighted by Crippen LogP contribution is -2.26. The van der Waals surface area contributed by atoms with Crippen LogP contribution in [0.25, 0.3) is 17.0 Å². The van der Waals surface area contributed by atoms with Gasteiger partial charge in [0.1, 0.15) is 11.6 Å². The molecule has 0 spiro atoms. The highest BCUT2D eigenvalue weighted by Crippen LogP contribution is 2.34. The number of para-hydroxylation sites is 1. The zero-order valence-corrected chi connectivity index (χ0v) is 20.4. The minimum atomic E-state index is -0.499. The van der Waals surface area contributed by atoms with Gasteiger partial charge < -0.3 is 24.5 Å². The molecule has 0 atom stereocenters. The average molecular weight is 526 g/mol. The van der Waals surface area contributed by atoms with Crippen LogP contribution in [0.15, 0.2) is 52.6 Å². The number of nitrogens with one attached hydrogen (secondary N) is 2. The van der Waals surface area contributed by atoms with Crippen molar-refractivity contribution in [2.24, 2.45) is 0 Å². The molecule has 1 amide bonds. The molecule has 0 saturated carbocycles. The summed E-state index contributed by atoms with van der Waals surface area (Å²) in [6.45, 7) is 2.08. The molecule has 0 saturated heterocycles. The van der Waals surface area contributed by atoms with Gasteiger partial charge in [0.2, 0.25) is 0 Å². The number of amides is 1. The first kappa shape index (κ1) is 24.9. The van der Waals surface area contributed by atoms with Gasteiger partial charge in [-0.15, -0.1) is 0 Å². The van der Waals surface area contributed by atoms with Crippen molar-refractivity contribution in [1.29, 1.82) is 5.26 Å². The van der Waals surface area contributed by atoms with E-state index in [1.807, 2.05) is 36.5 Å². The third-order valence-corrected chi connectivity index (χ3v) is 5.64. The Morgan fingerprint density at radius 1 is 1.24 bits per heavy atom. The minimum Gasteiger partial charge on any atom is -0.493 e. The van der Waals surface area contributed by atoms with Crippen LogP contribution in [0.3, 0.4) is 0 Å². The molecule has 2 N–H and O–H groups in total. The number of methoxy groups -OCH3 is 1. The highest BCUT2D eigenvalue weighted by molar-refractivity contribution is 9.10. The number of halogens is 1. The van der Waals surface area contributed by atoms with E-state index < -0.39 is 11.9 Å². The van der Waals surface area contributed by atoms with Gasteiger partial charge in [-0.05, 0) is 48.7 Å². The number of aromatic amines is 1. The first-order chi connectivity index (χ1) is 16.5. The fourth-order valence-corrected chi connectivity index (χ4v) is 3.76. The number of carbonyl (C=O) groups is 2. The van der Waals surface area contributed by atoms with Crippen molar-refractivity contribution in [3.05, 3.63) is 63.8 Å². The number of esters is 1. The molecule has 176 valence electrons. The van der Waals surface area contributed by atoms with Crippen molar-refractivity contribution in [2.45, 2.75) is 13.3 Å². The fraction of sp³-hybridized carbons (Fsp3) is 0.240. The summed E-state index contributed by atoms with van der Waals surface area (Å²) in [6, 6.07) is 13.1. The van der Waals surface area contributed by atoms with E-state index in [4.69, 9.17) is 14.2 Å². The van der Waals surface area contributed by atoms with Gasteiger partial charge in [-0.3, -0.25) is 4.79 Å². The number of hydrogen-bond donors (Lipinski definition) is 2. The quantitative estimate of drug-likeness (QED) is 0.233. The number of carbonyl (C=O) groups excluding carboxylic acids is 2. The second-order valence-electron chi connectivity index (χ2n) is 7.15. The van der Waals surface area contributed by atoms with E-state index in [9.17, 15) is 14.9 Å². The summed E-state index contributed by atoms with van der Waals surface area (Å²) in [5.74, 6) is -0.311. The molecule has 8 nitrogen and oxygen atoms in total. The maximum absolute atomic E-state index is 12.6. The van der Waals surface area contributed by atoms with E-state index in [2.05, 4.69) is 26.2 Å². The van der Waals surface area contributed by atoms with E-state index >= 15 is 0 Å². The average Bonchev–Trinajstić information content (AvgIpc) is 3.25. The third kappa shape index (κ3) is 6.17. The standard InChI is InChI=1S/C25H24BrN3O5/c1-3-33-24(30)15-34-23-12-20(26)17(11-22(23)32-2)10-18(13-27)25(31)28-9-8-16-14-29-21-7-5-4-6-19(16)21/h4-7,10-12,14,29H,3,8-9,15H2,1-2H3,(H,28,31)/b18-10-. The Morgan fingerprint density at radius 2 is 2.03 bits per heavy atom. The minimum absolute atomic E-state index is 0.0538. The summed E-state index contributed by atoms with van der Waals surface area (Å²) in [7, 11) is 1.45. The molecule has 0 aliphatic rings.